The number of carboxylic acids is 1. The van der Waals surface area contributed by atoms with Gasteiger partial charge in [0.2, 0.25) is 0 Å². The average Bonchev–Trinajstić information content (AvgIpc) is 2.62. The molecule has 0 saturated carbocycles. The second-order valence-electron chi connectivity index (χ2n) is 8.62. The van der Waals surface area contributed by atoms with Crippen molar-refractivity contribution in [3.63, 3.8) is 0 Å². The summed E-state index contributed by atoms with van der Waals surface area (Å²) in [5.74, 6) is -2.11. The molecule has 0 radical (unpaired) electrons. The molecule has 0 saturated heterocycles. The Morgan fingerprint density at radius 2 is 1.47 bits per heavy atom. The van der Waals surface area contributed by atoms with Crippen LogP contribution in [0.5, 0.6) is 11.5 Å². The summed E-state index contributed by atoms with van der Waals surface area (Å²) in [6, 6.07) is 3.39. The van der Waals surface area contributed by atoms with Crippen LogP contribution in [0.25, 0.3) is 0 Å². The van der Waals surface area contributed by atoms with Crippen molar-refractivity contribution >= 4 is 17.9 Å². The monoisotopic (exact) mass is 417 g/mol. The second kappa shape index (κ2) is 10.2. The van der Waals surface area contributed by atoms with Crippen LogP contribution in [0.2, 0.25) is 0 Å². The highest BCUT2D eigenvalue weighted by Crippen LogP contribution is 2.32. The van der Waals surface area contributed by atoms with Gasteiger partial charge in [-0.2, -0.15) is 0 Å². The molecule has 0 aliphatic heterocycles. The lowest BCUT2D eigenvalue weighted by molar-refractivity contribution is -0.139. The minimum atomic E-state index is -1.15. The molecule has 1 aromatic rings. The minimum Gasteiger partial charge on any atom is -0.480 e. The lowest BCUT2D eigenvalue weighted by Gasteiger charge is -2.20. The number of rotatable bonds is 11. The van der Waals surface area contributed by atoms with Crippen LogP contribution < -0.4 is 15.2 Å². The fourth-order valence-corrected chi connectivity index (χ4v) is 2.39. The van der Waals surface area contributed by atoms with E-state index in [2.05, 4.69) is 13.2 Å². The summed E-state index contributed by atoms with van der Waals surface area (Å²) in [7, 11) is 0. The minimum absolute atomic E-state index is 0.0236. The first-order valence-electron chi connectivity index (χ1n) is 9.58. The van der Waals surface area contributed by atoms with E-state index >= 15 is 0 Å². The SMILES string of the molecule is C=CC(C)(C)CC(=O)Oc1ccc(C[C@H](N)C(=O)O)cc1OC(=O)CC(C)(C)C=C. The van der Waals surface area contributed by atoms with E-state index < -0.39 is 34.8 Å². The molecule has 0 heterocycles. The van der Waals surface area contributed by atoms with Crippen molar-refractivity contribution in [2.45, 2.75) is 53.0 Å². The van der Waals surface area contributed by atoms with Crippen LogP contribution in [-0.2, 0) is 20.8 Å². The Bertz CT molecular complexity index is 825. The van der Waals surface area contributed by atoms with Crippen molar-refractivity contribution < 1.29 is 29.0 Å². The van der Waals surface area contributed by atoms with Gasteiger partial charge in [-0.3, -0.25) is 14.4 Å². The molecule has 1 rings (SSSR count). The Kier molecular flexibility index (Phi) is 8.54. The summed E-state index contributed by atoms with van der Waals surface area (Å²) in [4.78, 5) is 35.8. The van der Waals surface area contributed by atoms with Crippen LogP contribution in [0.4, 0.5) is 0 Å². The third-order valence-corrected chi connectivity index (χ3v) is 4.53. The zero-order valence-electron chi connectivity index (χ0n) is 18.1. The molecule has 1 atom stereocenters. The lowest BCUT2D eigenvalue weighted by Crippen LogP contribution is -2.32. The van der Waals surface area contributed by atoms with Gasteiger partial charge in [-0.05, 0) is 34.9 Å². The Balaban J connectivity index is 3.14. The summed E-state index contributed by atoms with van der Waals surface area (Å²) in [6.07, 6.45) is 3.47. The van der Waals surface area contributed by atoms with Crippen LogP contribution >= 0.6 is 0 Å². The fourth-order valence-electron chi connectivity index (χ4n) is 2.39. The molecule has 7 heteroatoms. The highest BCUT2D eigenvalue weighted by atomic mass is 16.6. The van der Waals surface area contributed by atoms with E-state index in [1.54, 1.807) is 18.2 Å². The number of esters is 2. The predicted octanol–water partition coefficient (Wildman–Crippen LogP) is 3.66. The highest BCUT2D eigenvalue weighted by Gasteiger charge is 2.24. The molecule has 0 amide bonds. The van der Waals surface area contributed by atoms with Crippen LogP contribution in [0.3, 0.4) is 0 Å². The summed E-state index contributed by atoms with van der Waals surface area (Å²) >= 11 is 0. The number of hydrogen-bond donors (Lipinski definition) is 2. The van der Waals surface area contributed by atoms with E-state index in [0.717, 1.165) is 0 Å². The number of ether oxygens (including phenoxy) is 2. The maximum atomic E-state index is 12.4. The van der Waals surface area contributed by atoms with Gasteiger partial charge in [-0.25, -0.2) is 0 Å². The molecule has 164 valence electrons. The Labute approximate surface area is 177 Å². The number of carboxylic acid groups (broad SMARTS) is 1. The Hall–Kier alpha value is -2.93. The fraction of sp³-hybridized carbons (Fsp3) is 0.435. The molecule has 0 spiro atoms. The van der Waals surface area contributed by atoms with Crippen molar-refractivity contribution in [2.75, 3.05) is 0 Å². The first-order valence-corrected chi connectivity index (χ1v) is 9.58. The topological polar surface area (TPSA) is 116 Å². The lowest BCUT2D eigenvalue weighted by atomic mass is 9.90. The van der Waals surface area contributed by atoms with Gasteiger partial charge >= 0.3 is 17.9 Å². The number of hydrogen-bond acceptors (Lipinski definition) is 6. The van der Waals surface area contributed by atoms with Gasteiger partial charge < -0.3 is 20.3 Å². The number of aliphatic carboxylic acids is 1. The summed E-state index contributed by atoms with van der Waals surface area (Å²) in [6.45, 7) is 14.8. The molecule has 0 aliphatic rings. The van der Waals surface area contributed by atoms with E-state index in [1.807, 2.05) is 27.7 Å². The van der Waals surface area contributed by atoms with Crippen molar-refractivity contribution in [1.29, 1.82) is 0 Å². The quantitative estimate of drug-likeness (QED) is 0.321. The smallest absolute Gasteiger partial charge is 0.320 e. The zero-order valence-corrected chi connectivity index (χ0v) is 18.1. The number of allylic oxidation sites excluding steroid dienone is 2. The first-order chi connectivity index (χ1) is 13.8. The predicted molar refractivity (Wildman–Crippen MR) is 114 cm³/mol. The van der Waals surface area contributed by atoms with E-state index in [1.165, 1.54) is 12.1 Å². The van der Waals surface area contributed by atoms with Gasteiger partial charge in [-0.1, -0.05) is 45.9 Å². The number of carbonyl (C=O) groups excluding carboxylic acids is 2. The first kappa shape index (κ1) is 25.1. The second-order valence-corrected chi connectivity index (χ2v) is 8.62. The molecule has 0 bridgehead atoms. The van der Waals surface area contributed by atoms with Crippen LogP contribution in [-0.4, -0.2) is 29.1 Å². The number of carbonyl (C=O) groups is 3. The largest absolute Gasteiger partial charge is 0.480 e. The molecule has 0 aromatic heterocycles. The maximum Gasteiger partial charge on any atom is 0.320 e. The molecule has 1 aromatic carbocycles. The number of benzene rings is 1. The Morgan fingerprint density at radius 1 is 1.00 bits per heavy atom. The Morgan fingerprint density at radius 3 is 1.90 bits per heavy atom. The van der Waals surface area contributed by atoms with Crippen LogP contribution in [0, 0.1) is 10.8 Å². The summed E-state index contributed by atoms with van der Waals surface area (Å²) in [5.41, 5.74) is 5.18. The third kappa shape index (κ3) is 8.21. The molecule has 0 aliphatic carbocycles. The van der Waals surface area contributed by atoms with Gasteiger partial charge in [0, 0.05) is 0 Å². The van der Waals surface area contributed by atoms with E-state index in [9.17, 15) is 14.4 Å². The molecule has 0 unspecified atom stereocenters. The van der Waals surface area contributed by atoms with Gasteiger partial charge in [0.1, 0.15) is 6.04 Å². The van der Waals surface area contributed by atoms with Crippen molar-refractivity contribution in [1.82, 2.24) is 0 Å². The number of nitrogens with two attached hydrogens (primary N) is 1. The molecular formula is C23H31NO6. The van der Waals surface area contributed by atoms with Crippen molar-refractivity contribution in [3.05, 3.63) is 49.1 Å². The van der Waals surface area contributed by atoms with Crippen LogP contribution in [0.1, 0.15) is 46.1 Å². The van der Waals surface area contributed by atoms with Crippen molar-refractivity contribution in [2.24, 2.45) is 16.6 Å². The van der Waals surface area contributed by atoms with Crippen molar-refractivity contribution in [3.8, 4) is 11.5 Å². The molecule has 3 N–H and O–H groups in total. The highest BCUT2D eigenvalue weighted by molar-refractivity contribution is 5.77. The van der Waals surface area contributed by atoms with Gasteiger partial charge in [-0.15, -0.1) is 13.2 Å². The van der Waals surface area contributed by atoms with E-state index in [-0.39, 0.29) is 30.8 Å². The van der Waals surface area contributed by atoms with E-state index in [0.29, 0.717) is 5.56 Å². The molecular weight excluding hydrogens is 386 g/mol. The summed E-state index contributed by atoms with van der Waals surface area (Å²) < 4.78 is 10.9. The third-order valence-electron chi connectivity index (χ3n) is 4.53. The molecule has 7 nitrogen and oxygen atoms in total. The maximum absolute atomic E-state index is 12.4. The zero-order chi connectivity index (χ0) is 23.1. The standard InChI is InChI=1S/C23H31NO6/c1-7-22(3,4)13-19(25)29-17-10-9-15(11-16(24)21(27)28)12-18(17)30-20(26)14-23(5,6)8-2/h7-10,12,16H,1-2,11,13-14,24H2,3-6H3,(H,27,28)/t16-/m0/s1. The molecule has 30 heavy (non-hydrogen) atoms. The average molecular weight is 418 g/mol. The van der Waals surface area contributed by atoms with Gasteiger partial charge in [0.15, 0.2) is 11.5 Å². The molecule has 0 fully saturated rings. The normalized spacial score (nSPS) is 12.6. The van der Waals surface area contributed by atoms with Gasteiger partial charge in [0.05, 0.1) is 12.8 Å². The van der Waals surface area contributed by atoms with E-state index in [4.69, 9.17) is 20.3 Å². The van der Waals surface area contributed by atoms with Crippen LogP contribution in [0.15, 0.2) is 43.5 Å². The van der Waals surface area contributed by atoms with Gasteiger partial charge in [0.25, 0.3) is 0 Å². The summed E-state index contributed by atoms with van der Waals surface area (Å²) in [5, 5.41) is 9.02.